The Hall–Kier alpha value is -0.610. The second kappa shape index (κ2) is 4.58. The number of rotatable bonds is 3. The summed E-state index contributed by atoms with van der Waals surface area (Å²) in [6, 6.07) is 0.579. The quantitative estimate of drug-likeness (QED) is 0.782. The summed E-state index contributed by atoms with van der Waals surface area (Å²) in [4.78, 5) is 17.0. The first-order valence-corrected chi connectivity index (χ1v) is 7.06. The van der Waals surface area contributed by atoms with Crippen molar-refractivity contribution in [3.63, 3.8) is 0 Å². The molecule has 17 heavy (non-hydrogen) atoms. The lowest BCUT2D eigenvalue weighted by molar-refractivity contribution is -0.134. The Labute approximate surface area is 103 Å². The summed E-state index contributed by atoms with van der Waals surface area (Å²) in [5, 5.41) is 3.37. The van der Waals surface area contributed by atoms with Gasteiger partial charge in [-0.3, -0.25) is 10.1 Å². The Kier molecular flexibility index (Phi) is 3.09. The lowest BCUT2D eigenvalue weighted by atomic mass is 9.83. The largest absolute Gasteiger partial charge is 0.324 e. The maximum atomic E-state index is 12.3. The van der Waals surface area contributed by atoms with Gasteiger partial charge in [0.05, 0.1) is 12.7 Å². The first-order valence-electron chi connectivity index (χ1n) is 7.06. The highest BCUT2D eigenvalue weighted by molar-refractivity contribution is 5.84. The van der Waals surface area contributed by atoms with Crippen LogP contribution in [0.1, 0.15) is 32.6 Å². The molecule has 4 aliphatic heterocycles. The minimum Gasteiger partial charge on any atom is -0.324 e. The van der Waals surface area contributed by atoms with E-state index in [0.29, 0.717) is 11.9 Å². The van der Waals surface area contributed by atoms with Crippen LogP contribution in [0.4, 0.5) is 0 Å². The van der Waals surface area contributed by atoms with Gasteiger partial charge in [-0.2, -0.15) is 0 Å². The van der Waals surface area contributed by atoms with Crippen molar-refractivity contribution in [3.8, 4) is 0 Å². The number of amides is 1. The number of carbonyl (C=O) groups is 1. The summed E-state index contributed by atoms with van der Waals surface area (Å²) in [7, 11) is 0. The summed E-state index contributed by atoms with van der Waals surface area (Å²) in [6.07, 6.45) is 4.63. The molecule has 2 unspecified atom stereocenters. The van der Waals surface area contributed by atoms with Gasteiger partial charge >= 0.3 is 0 Å². The summed E-state index contributed by atoms with van der Waals surface area (Å²) in [5.41, 5.74) is 0. The van der Waals surface area contributed by atoms with Crippen LogP contribution in [0.2, 0.25) is 0 Å². The highest BCUT2D eigenvalue weighted by Gasteiger charge is 2.42. The van der Waals surface area contributed by atoms with Crippen molar-refractivity contribution in [2.75, 3.05) is 26.3 Å². The Morgan fingerprint density at radius 2 is 2.12 bits per heavy atom. The molecule has 4 heteroatoms. The molecular weight excluding hydrogens is 214 g/mol. The average molecular weight is 237 g/mol. The Morgan fingerprint density at radius 1 is 1.35 bits per heavy atom. The lowest BCUT2D eigenvalue weighted by Crippen LogP contribution is -2.58. The molecule has 0 aromatic heterocycles. The zero-order chi connectivity index (χ0) is 11.8. The number of nitrogens with zero attached hydrogens (tertiary/aromatic N) is 2. The smallest absolute Gasteiger partial charge is 0.241 e. The van der Waals surface area contributed by atoms with E-state index in [1.807, 2.05) is 0 Å². The van der Waals surface area contributed by atoms with Crippen molar-refractivity contribution in [2.45, 2.75) is 44.7 Å². The zero-order valence-electron chi connectivity index (χ0n) is 10.7. The molecule has 0 aromatic carbocycles. The highest BCUT2D eigenvalue weighted by Crippen LogP contribution is 2.32. The zero-order valence-corrected chi connectivity index (χ0v) is 10.7. The summed E-state index contributed by atoms with van der Waals surface area (Å²) in [6.45, 7) is 6.52. The average Bonchev–Trinajstić information content (AvgIpc) is 2.73. The molecule has 0 radical (unpaired) electrons. The van der Waals surface area contributed by atoms with E-state index in [2.05, 4.69) is 22.0 Å². The van der Waals surface area contributed by atoms with Crippen molar-refractivity contribution >= 4 is 5.91 Å². The van der Waals surface area contributed by atoms with Crippen LogP contribution < -0.4 is 5.32 Å². The predicted octanol–water partition coefficient (Wildman–Crippen LogP) is 0.639. The van der Waals surface area contributed by atoms with Crippen molar-refractivity contribution in [2.24, 2.45) is 5.92 Å². The van der Waals surface area contributed by atoms with Gasteiger partial charge in [-0.1, -0.05) is 13.3 Å². The molecule has 4 heterocycles. The van der Waals surface area contributed by atoms with E-state index in [4.69, 9.17) is 0 Å². The highest BCUT2D eigenvalue weighted by atomic mass is 16.2. The van der Waals surface area contributed by atoms with Gasteiger partial charge in [0.1, 0.15) is 0 Å². The number of hydrogen-bond acceptors (Lipinski definition) is 3. The first-order chi connectivity index (χ1) is 8.29. The summed E-state index contributed by atoms with van der Waals surface area (Å²) < 4.78 is 0. The molecule has 0 aromatic rings. The number of carbonyl (C=O) groups excluding carboxylic acids is 1. The molecular formula is C13H23N3O. The van der Waals surface area contributed by atoms with Gasteiger partial charge in [-0.05, 0) is 38.3 Å². The van der Waals surface area contributed by atoms with E-state index < -0.39 is 0 Å². The Balaban J connectivity index is 1.67. The number of nitrogens with one attached hydrogen (secondary N) is 1. The normalized spacial score (nSPS) is 41.2. The standard InChI is InChI=1S/C13H23N3O/c1-2-3-11-13(17)16(9-14-11)12-8-15-6-4-10(12)5-7-15/h10-12,14H,2-9H2,1H3. The topological polar surface area (TPSA) is 35.6 Å². The van der Waals surface area contributed by atoms with Crippen molar-refractivity contribution < 1.29 is 4.79 Å². The van der Waals surface area contributed by atoms with Gasteiger partial charge in [-0.15, -0.1) is 0 Å². The molecule has 96 valence electrons. The van der Waals surface area contributed by atoms with Gasteiger partial charge in [0.15, 0.2) is 0 Å². The molecule has 4 nitrogen and oxygen atoms in total. The first kappa shape index (κ1) is 11.5. The Morgan fingerprint density at radius 3 is 2.71 bits per heavy atom. The minimum absolute atomic E-state index is 0.0930. The number of fused-ring (bicyclic) bond motifs is 3. The third kappa shape index (κ3) is 1.97. The molecule has 4 rings (SSSR count). The van der Waals surface area contributed by atoms with Crippen LogP contribution in [0.5, 0.6) is 0 Å². The van der Waals surface area contributed by atoms with Crippen LogP contribution in [0.25, 0.3) is 0 Å². The van der Waals surface area contributed by atoms with Crippen LogP contribution in [0.3, 0.4) is 0 Å². The van der Waals surface area contributed by atoms with E-state index in [-0.39, 0.29) is 6.04 Å². The van der Waals surface area contributed by atoms with Gasteiger partial charge in [0.2, 0.25) is 5.91 Å². The third-order valence-electron chi connectivity index (χ3n) is 4.69. The molecule has 1 N–H and O–H groups in total. The van der Waals surface area contributed by atoms with Gasteiger partial charge in [0.25, 0.3) is 0 Å². The second-order valence-electron chi connectivity index (χ2n) is 5.72. The van der Waals surface area contributed by atoms with Crippen LogP contribution in [-0.2, 0) is 4.79 Å². The summed E-state index contributed by atoms with van der Waals surface area (Å²) in [5.74, 6) is 1.11. The minimum atomic E-state index is 0.0930. The van der Waals surface area contributed by atoms with E-state index >= 15 is 0 Å². The van der Waals surface area contributed by atoms with Crippen molar-refractivity contribution in [1.82, 2.24) is 15.1 Å². The second-order valence-corrected chi connectivity index (χ2v) is 5.72. The monoisotopic (exact) mass is 237 g/mol. The molecule has 4 aliphatic rings. The predicted molar refractivity (Wildman–Crippen MR) is 66.5 cm³/mol. The van der Waals surface area contributed by atoms with Gasteiger partial charge < -0.3 is 9.80 Å². The molecule has 2 bridgehead atoms. The van der Waals surface area contributed by atoms with Crippen molar-refractivity contribution in [1.29, 1.82) is 0 Å². The van der Waals surface area contributed by atoms with Crippen LogP contribution in [0.15, 0.2) is 0 Å². The molecule has 0 saturated carbocycles. The van der Waals surface area contributed by atoms with E-state index in [9.17, 15) is 4.79 Å². The number of hydrogen-bond donors (Lipinski definition) is 1. The van der Waals surface area contributed by atoms with Crippen LogP contribution in [0, 0.1) is 5.92 Å². The van der Waals surface area contributed by atoms with Gasteiger partial charge in [0, 0.05) is 12.6 Å². The maximum Gasteiger partial charge on any atom is 0.241 e. The molecule has 0 aliphatic carbocycles. The van der Waals surface area contributed by atoms with E-state index in [1.165, 1.54) is 25.9 Å². The summed E-state index contributed by atoms with van der Waals surface area (Å²) >= 11 is 0. The third-order valence-corrected chi connectivity index (χ3v) is 4.69. The van der Waals surface area contributed by atoms with E-state index in [0.717, 1.165) is 32.0 Å². The van der Waals surface area contributed by atoms with Gasteiger partial charge in [-0.25, -0.2) is 0 Å². The Bertz CT molecular complexity index is 299. The van der Waals surface area contributed by atoms with E-state index in [1.54, 1.807) is 0 Å². The fourth-order valence-electron chi connectivity index (χ4n) is 3.66. The fourth-order valence-corrected chi connectivity index (χ4v) is 3.66. The lowest BCUT2D eigenvalue weighted by Gasteiger charge is -2.47. The fraction of sp³-hybridized carbons (Fsp3) is 0.923. The molecule has 4 saturated heterocycles. The SMILES string of the molecule is CCCC1NCN(C2CN3CCC2CC3)C1=O. The maximum absolute atomic E-state index is 12.3. The molecule has 0 spiro atoms. The molecule has 2 atom stereocenters. The molecule has 4 fully saturated rings. The van der Waals surface area contributed by atoms with Crippen LogP contribution >= 0.6 is 0 Å². The van der Waals surface area contributed by atoms with Crippen molar-refractivity contribution in [3.05, 3.63) is 0 Å². The molecule has 1 amide bonds. The number of piperidine rings is 3. The van der Waals surface area contributed by atoms with Crippen LogP contribution in [-0.4, -0.2) is 54.1 Å².